The molecule has 0 atom stereocenters. The van der Waals surface area contributed by atoms with Crippen molar-refractivity contribution in [2.75, 3.05) is 33.4 Å². The summed E-state index contributed by atoms with van der Waals surface area (Å²) >= 11 is 0. The van der Waals surface area contributed by atoms with Crippen LogP contribution in [0.15, 0.2) is 12.1 Å². The lowest BCUT2D eigenvalue weighted by Crippen LogP contribution is -2.39. The van der Waals surface area contributed by atoms with Crippen molar-refractivity contribution in [3.05, 3.63) is 29.1 Å². The maximum absolute atomic E-state index is 12.5. The third-order valence-electron chi connectivity index (χ3n) is 5.02. The molecule has 2 heterocycles. The fraction of sp³-hybridized carbons (Fsp3) is 0.632. The lowest BCUT2D eigenvalue weighted by atomic mass is 9.89. The van der Waals surface area contributed by atoms with Crippen LogP contribution in [0.3, 0.4) is 0 Å². The molecule has 136 valence electrons. The Morgan fingerprint density at radius 3 is 2.60 bits per heavy atom. The number of aryl methyl sites for hydroxylation is 1. The minimum atomic E-state index is -0.101. The van der Waals surface area contributed by atoms with Crippen molar-refractivity contribution in [1.29, 1.82) is 0 Å². The molecule has 6 heteroatoms. The summed E-state index contributed by atoms with van der Waals surface area (Å²) in [5, 5.41) is 2.88. The van der Waals surface area contributed by atoms with E-state index in [9.17, 15) is 9.59 Å². The van der Waals surface area contributed by atoms with E-state index in [-0.39, 0.29) is 17.7 Å². The summed E-state index contributed by atoms with van der Waals surface area (Å²) in [4.78, 5) is 31.4. The predicted molar refractivity (Wildman–Crippen MR) is 94.5 cm³/mol. The van der Waals surface area contributed by atoms with Gasteiger partial charge in [-0.15, -0.1) is 0 Å². The molecule has 6 nitrogen and oxygen atoms in total. The number of pyridine rings is 1. The van der Waals surface area contributed by atoms with E-state index in [1.165, 1.54) is 0 Å². The van der Waals surface area contributed by atoms with Crippen LogP contribution in [0.5, 0.6) is 0 Å². The van der Waals surface area contributed by atoms with E-state index in [1.807, 2.05) is 24.0 Å². The normalized spacial score (nSPS) is 18.2. The topological polar surface area (TPSA) is 71.5 Å². The van der Waals surface area contributed by atoms with Crippen LogP contribution in [0.2, 0.25) is 0 Å². The van der Waals surface area contributed by atoms with E-state index < -0.39 is 0 Å². The molecule has 2 amide bonds. The zero-order valence-electron chi connectivity index (χ0n) is 15.1. The van der Waals surface area contributed by atoms with Gasteiger partial charge in [0, 0.05) is 44.3 Å². The van der Waals surface area contributed by atoms with Crippen LogP contribution in [0.25, 0.3) is 0 Å². The Labute approximate surface area is 148 Å². The first-order valence-corrected chi connectivity index (χ1v) is 9.13. The molecule has 25 heavy (non-hydrogen) atoms. The number of carbonyl (C=O) groups is 2. The Morgan fingerprint density at radius 2 is 1.96 bits per heavy atom. The number of likely N-dealkylation sites (tertiary alicyclic amines) is 1. The standard InChI is InChI=1S/C19H27N3O3/c1-13-3-6-16(18(23)20-9-12-25-2)17(21-13)14-7-10-22(11-8-14)19(24)15-4-5-15/h3,6,14-15H,4-5,7-12H2,1-2H3,(H,20,23). The largest absolute Gasteiger partial charge is 0.383 e. The molecular formula is C19H27N3O3. The molecule has 1 saturated carbocycles. The lowest BCUT2D eigenvalue weighted by molar-refractivity contribution is -0.133. The molecule has 0 spiro atoms. The fourth-order valence-corrected chi connectivity index (χ4v) is 3.40. The molecule has 1 N–H and O–H groups in total. The highest BCUT2D eigenvalue weighted by atomic mass is 16.5. The summed E-state index contributed by atoms with van der Waals surface area (Å²) in [6.07, 6.45) is 3.83. The van der Waals surface area contributed by atoms with Gasteiger partial charge < -0.3 is 15.0 Å². The Hall–Kier alpha value is -1.95. The number of nitrogens with one attached hydrogen (secondary N) is 1. The second-order valence-electron chi connectivity index (χ2n) is 7.01. The average Bonchev–Trinajstić information content (AvgIpc) is 3.46. The predicted octanol–water partition coefficient (Wildman–Crippen LogP) is 1.88. The van der Waals surface area contributed by atoms with Gasteiger partial charge in [-0.05, 0) is 44.7 Å². The van der Waals surface area contributed by atoms with Gasteiger partial charge in [-0.3, -0.25) is 14.6 Å². The summed E-state index contributed by atoms with van der Waals surface area (Å²) in [5.41, 5.74) is 2.43. The van der Waals surface area contributed by atoms with Gasteiger partial charge in [-0.25, -0.2) is 0 Å². The van der Waals surface area contributed by atoms with E-state index in [1.54, 1.807) is 7.11 Å². The van der Waals surface area contributed by atoms with Gasteiger partial charge in [-0.2, -0.15) is 0 Å². The fourth-order valence-electron chi connectivity index (χ4n) is 3.40. The smallest absolute Gasteiger partial charge is 0.253 e. The zero-order chi connectivity index (χ0) is 17.8. The SMILES string of the molecule is COCCNC(=O)c1ccc(C)nc1C1CCN(C(=O)C2CC2)CC1. The third-order valence-corrected chi connectivity index (χ3v) is 5.02. The molecule has 1 aromatic rings. The summed E-state index contributed by atoms with van der Waals surface area (Å²) < 4.78 is 4.98. The molecule has 0 aromatic carbocycles. The molecule has 2 fully saturated rings. The number of piperidine rings is 1. The molecule has 1 saturated heterocycles. The van der Waals surface area contributed by atoms with Gasteiger partial charge in [0.15, 0.2) is 0 Å². The zero-order valence-corrected chi connectivity index (χ0v) is 15.1. The molecule has 1 aromatic heterocycles. The van der Waals surface area contributed by atoms with Gasteiger partial charge in [-0.1, -0.05) is 0 Å². The van der Waals surface area contributed by atoms with E-state index in [0.29, 0.717) is 24.6 Å². The van der Waals surface area contributed by atoms with Crippen LogP contribution in [0.1, 0.15) is 53.3 Å². The molecule has 1 aliphatic carbocycles. The van der Waals surface area contributed by atoms with Gasteiger partial charge in [0.25, 0.3) is 5.91 Å². The lowest BCUT2D eigenvalue weighted by Gasteiger charge is -2.32. The summed E-state index contributed by atoms with van der Waals surface area (Å²) in [5.74, 6) is 0.714. The number of methoxy groups -OCH3 is 1. The van der Waals surface area contributed by atoms with E-state index in [0.717, 1.165) is 50.2 Å². The summed E-state index contributed by atoms with van der Waals surface area (Å²) in [7, 11) is 1.61. The number of hydrogen-bond donors (Lipinski definition) is 1. The number of aromatic nitrogens is 1. The number of nitrogens with zero attached hydrogens (tertiary/aromatic N) is 2. The quantitative estimate of drug-likeness (QED) is 0.799. The van der Waals surface area contributed by atoms with Gasteiger partial charge in [0.2, 0.25) is 5.91 Å². The summed E-state index contributed by atoms with van der Waals surface area (Å²) in [6, 6.07) is 3.74. The van der Waals surface area contributed by atoms with E-state index in [4.69, 9.17) is 4.74 Å². The monoisotopic (exact) mass is 345 g/mol. The van der Waals surface area contributed by atoms with Crippen molar-refractivity contribution in [2.45, 2.75) is 38.5 Å². The highest BCUT2D eigenvalue weighted by Crippen LogP contribution is 2.34. The molecule has 0 unspecified atom stereocenters. The first-order chi connectivity index (χ1) is 12.1. The van der Waals surface area contributed by atoms with Crippen LogP contribution in [0, 0.1) is 12.8 Å². The average molecular weight is 345 g/mol. The molecule has 2 aliphatic rings. The maximum Gasteiger partial charge on any atom is 0.253 e. The van der Waals surface area contributed by atoms with Crippen molar-refractivity contribution in [2.24, 2.45) is 5.92 Å². The Balaban J connectivity index is 1.67. The van der Waals surface area contributed by atoms with E-state index in [2.05, 4.69) is 10.3 Å². The molecule has 3 rings (SSSR count). The van der Waals surface area contributed by atoms with Crippen molar-refractivity contribution in [1.82, 2.24) is 15.2 Å². The van der Waals surface area contributed by atoms with Crippen LogP contribution in [-0.2, 0) is 9.53 Å². The molecule has 0 radical (unpaired) electrons. The van der Waals surface area contributed by atoms with Crippen molar-refractivity contribution in [3.8, 4) is 0 Å². The van der Waals surface area contributed by atoms with Gasteiger partial charge in [0.1, 0.15) is 0 Å². The minimum absolute atomic E-state index is 0.101. The van der Waals surface area contributed by atoms with Gasteiger partial charge >= 0.3 is 0 Å². The third kappa shape index (κ3) is 4.37. The summed E-state index contributed by atoms with van der Waals surface area (Å²) in [6.45, 7) is 4.45. The molecule has 0 bridgehead atoms. The van der Waals surface area contributed by atoms with Crippen molar-refractivity contribution >= 4 is 11.8 Å². The van der Waals surface area contributed by atoms with Crippen molar-refractivity contribution < 1.29 is 14.3 Å². The minimum Gasteiger partial charge on any atom is -0.383 e. The number of carbonyl (C=O) groups excluding carboxylic acids is 2. The highest BCUT2D eigenvalue weighted by Gasteiger charge is 2.35. The number of ether oxygens (including phenoxy) is 1. The van der Waals surface area contributed by atoms with Gasteiger partial charge in [0.05, 0.1) is 17.9 Å². The Morgan fingerprint density at radius 1 is 1.24 bits per heavy atom. The Kier molecular flexibility index (Phi) is 5.68. The van der Waals surface area contributed by atoms with Crippen LogP contribution in [-0.4, -0.2) is 55.0 Å². The highest BCUT2D eigenvalue weighted by molar-refractivity contribution is 5.95. The van der Waals surface area contributed by atoms with E-state index >= 15 is 0 Å². The number of hydrogen-bond acceptors (Lipinski definition) is 4. The first kappa shape index (κ1) is 17.9. The molecule has 1 aliphatic heterocycles. The van der Waals surface area contributed by atoms with Crippen molar-refractivity contribution in [3.63, 3.8) is 0 Å². The first-order valence-electron chi connectivity index (χ1n) is 9.13. The number of rotatable bonds is 6. The second-order valence-corrected chi connectivity index (χ2v) is 7.01. The molecular weight excluding hydrogens is 318 g/mol. The van der Waals surface area contributed by atoms with Crippen LogP contribution in [0.4, 0.5) is 0 Å². The second kappa shape index (κ2) is 7.95. The van der Waals surface area contributed by atoms with Crippen LogP contribution < -0.4 is 5.32 Å². The number of amides is 2. The van der Waals surface area contributed by atoms with Crippen LogP contribution >= 0.6 is 0 Å². The Bertz CT molecular complexity index is 635. The maximum atomic E-state index is 12.5.